The third-order valence-corrected chi connectivity index (χ3v) is 3.23. The smallest absolute Gasteiger partial charge is 0.110 e. The third-order valence-electron chi connectivity index (χ3n) is 3.23. The van der Waals surface area contributed by atoms with Crippen molar-refractivity contribution in [1.82, 2.24) is 9.55 Å². The van der Waals surface area contributed by atoms with Crippen molar-refractivity contribution >= 4 is 0 Å². The van der Waals surface area contributed by atoms with Gasteiger partial charge in [0.15, 0.2) is 0 Å². The lowest BCUT2D eigenvalue weighted by atomic mass is 10.1. The Balaban J connectivity index is 1.96. The predicted molar refractivity (Wildman–Crippen MR) is 61.4 cm³/mol. The van der Waals surface area contributed by atoms with Crippen LogP contribution < -0.4 is 0 Å². The Morgan fingerprint density at radius 2 is 1.94 bits per heavy atom. The lowest BCUT2D eigenvalue weighted by molar-refractivity contribution is 0.151. The van der Waals surface area contributed by atoms with Crippen LogP contribution in [0.15, 0.2) is 36.7 Å². The summed E-state index contributed by atoms with van der Waals surface area (Å²) in [6.07, 6.45) is 5.50. The Bertz CT molecular complexity index is 509. The van der Waals surface area contributed by atoms with Gasteiger partial charge in [-0.2, -0.15) is 0 Å². The van der Waals surface area contributed by atoms with Crippen LogP contribution in [0.4, 0.5) is 0 Å². The largest absolute Gasteiger partial charge is 0.385 e. The van der Waals surface area contributed by atoms with Crippen molar-refractivity contribution in [2.75, 3.05) is 0 Å². The minimum atomic E-state index is -0.539. The van der Waals surface area contributed by atoms with E-state index in [4.69, 9.17) is 0 Å². The van der Waals surface area contributed by atoms with E-state index in [0.717, 1.165) is 29.9 Å². The van der Waals surface area contributed by atoms with Crippen molar-refractivity contribution in [3.05, 3.63) is 48.0 Å². The summed E-state index contributed by atoms with van der Waals surface area (Å²) < 4.78 is 2.03. The van der Waals surface area contributed by atoms with Gasteiger partial charge in [-0.15, -0.1) is 0 Å². The van der Waals surface area contributed by atoms with Gasteiger partial charge in [0, 0.05) is 18.1 Å². The Kier molecular flexibility index (Phi) is 1.91. The van der Waals surface area contributed by atoms with Crippen LogP contribution in [0.3, 0.4) is 0 Å². The summed E-state index contributed by atoms with van der Waals surface area (Å²) >= 11 is 0. The normalized spacial score (nSPS) is 17.4. The van der Waals surface area contributed by atoms with Gasteiger partial charge in [-0.1, -0.05) is 12.1 Å². The summed E-state index contributed by atoms with van der Waals surface area (Å²) in [5, 5.41) is 9.96. The van der Waals surface area contributed by atoms with Crippen LogP contribution in [0.25, 0.3) is 5.69 Å². The molecule has 16 heavy (non-hydrogen) atoms. The zero-order valence-corrected chi connectivity index (χ0v) is 9.22. The fraction of sp³-hybridized carbons (Fsp3) is 0.308. The molecule has 0 amide bonds. The van der Waals surface area contributed by atoms with E-state index in [9.17, 15) is 5.11 Å². The van der Waals surface area contributed by atoms with E-state index in [2.05, 4.69) is 4.98 Å². The van der Waals surface area contributed by atoms with E-state index in [0.29, 0.717) is 0 Å². The van der Waals surface area contributed by atoms with Gasteiger partial charge in [0.1, 0.15) is 5.82 Å². The molecule has 82 valence electrons. The first kappa shape index (κ1) is 9.60. The average molecular weight is 214 g/mol. The molecular formula is C13H14N2O. The number of hydrogen-bond acceptors (Lipinski definition) is 2. The number of rotatable bonds is 2. The first-order valence-electron chi connectivity index (χ1n) is 5.52. The number of aryl methyl sites for hydroxylation is 1. The quantitative estimate of drug-likeness (QED) is 0.832. The summed E-state index contributed by atoms with van der Waals surface area (Å²) in [5.41, 5.74) is 1.57. The van der Waals surface area contributed by atoms with Gasteiger partial charge in [0.25, 0.3) is 0 Å². The molecular weight excluding hydrogens is 200 g/mol. The van der Waals surface area contributed by atoms with Gasteiger partial charge >= 0.3 is 0 Å². The van der Waals surface area contributed by atoms with Crippen molar-refractivity contribution < 1.29 is 5.11 Å². The first-order chi connectivity index (χ1) is 7.69. The summed E-state index contributed by atoms with van der Waals surface area (Å²) in [5.74, 6) is 0.970. The van der Waals surface area contributed by atoms with Gasteiger partial charge < -0.3 is 9.67 Å². The summed E-state index contributed by atoms with van der Waals surface area (Å²) in [6, 6.07) is 8.06. The van der Waals surface area contributed by atoms with Crippen LogP contribution in [-0.4, -0.2) is 14.7 Å². The molecule has 1 aromatic carbocycles. The summed E-state index contributed by atoms with van der Waals surface area (Å²) in [4.78, 5) is 4.19. The van der Waals surface area contributed by atoms with E-state index in [1.165, 1.54) is 0 Å². The van der Waals surface area contributed by atoms with Crippen LogP contribution in [-0.2, 0) is 5.60 Å². The molecule has 0 spiro atoms. The Hall–Kier alpha value is -1.61. The zero-order valence-electron chi connectivity index (χ0n) is 9.22. The van der Waals surface area contributed by atoms with Gasteiger partial charge in [0.2, 0.25) is 0 Å². The molecule has 0 unspecified atom stereocenters. The second-order valence-corrected chi connectivity index (χ2v) is 4.42. The highest BCUT2D eigenvalue weighted by Crippen LogP contribution is 2.45. The second-order valence-electron chi connectivity index (χ2n) is 4.42. The molecule has 1 saturated carbocycles. The number of aromatic nitrogens is 2. The molecule has 0 saturated heterocycles. The van der Waals surface area contributed by atoms with E-state index in [-0.39, 0.29) is 0 Å². The van der Waals surface area contributed by atoms with Crippen LogP contribution in [0.2, 0.25) is 0 Å². The highest BCUT2D eigenvalue weighted by Gasteiger charge is 2.41. The summed E-state index contributed by atoms with van der Waals surface area (Å²) in [7, 11) is 0. The lowest BCUT2D eigenvalue weighted by Crippen LogP contribution is -2.04. The maximum atomic E-state index is 9.96. The molecule has 3 rings (SSSR count). The van der Waals surface area contributed by atoms with Crippen molar-refractivity contribution in [3.63, 3.8) is 0 Å². The van der Waals surface area contributed by atoms with Gasteiger partial charge in [-0.05, 0) is 37.5 Å². The van der Waals surface area contributed by atoms with Crippen molar-refractivity contribution in [2.24, 2.45) is 0 Å². The molecule has 3 heteroatoms. The lowest BCUT2D eigenvalue weighted by Gasteiger charge is -2.10. The maximum Gasteiger partial charge on any atom is 0.110 e. The number of benzene rings is 1. The molecule has 1 heterocycles. The standard InChI is InChI=1S/C13H14N2O/c1-10-14-8-9-15(10)12-4-2-11(3-5-12)13(16)6-7-13/h2-5,8-9,16H,6-7H2,1H3. The second kappa shape index (κ2) is 3.19. The molecule has 0 bridgehead atoms. The SMILES string of the molecule is Cc1nccn1-c1ccc(C2(O)CC2)cc1. The predicted octanol–water partition coefficient (Wildman–Crippen LogP) is 2.16. The Labute approximate surface area is 94.4 Å². The van der Waals surface area contributed by atoms with Gasteiger partial charge in [-0.3, -0.25) is 0 Å². The van der Waals surface area contributed by atoms with E-state index < -0.39 is 5.60 Å². The van der Waals surface area contributed by atoms with E-state index in [1.807, 2.05) is 42.0 Å². The van der Waals surface area contributed by atoms with Crippen LogP contribution >= 0.6 is 0 Å². The highest BCUT2D eigenvalue weighted by molar-refractivity contribution is 5.39. The third kappa shape index (κ3) is 1.44. The first-order valence-corrected chi connectivity index (χ1v) is 5.52. The Morgan fingerprint density at radius 3 is 2.44 bits per heavy atom. The minimum absolute atomic E-state index is 0.539. The monoisotopic (exact) mass is 214 g/mol. The highest BCUT2D eigenvalue weighted by atomic mass is 16.3. The fourth-order valence-corrected chi connectivity index (χ4v) is 1.99. The maximum absolute atomic E-state index is 9.96. The number of nitrogens with zero attached hydrogens (tertiary/aromatic N) is 2. The van der Waals surface area contributed by atoms with E-state index in [1.54, 1.807) is 6.20 Å². The minimum Gasteiger partial charge on any atom is -0.385 e. The molecule has 1 aromatic heterocycles. The number of aliphatic hydroxyl groups is 1. The van der Waals surface area contributed by atoms with Gasteiger partial charge in [0.05, 0.1) is 5.60 Å². The Morgan fingerprint density at radius 1 is 1.25 bits per heavy atom. The van der Waals surface area contributed by atoms with Gasteiger partial charge in [-0.25, -0.2) is 4.98 Å². The van der Waals surface area contributed by atoms with Crippen LogP contribution in [0.1, 0.15) is 24.2 Å². The molecule has 2 aromatic rings. The van der Waals surface area contributed by atoms with Crippen LogP contribution in [0.5, 0.6) is 0 Å². The molecule has 0 atom stereocenters. The molecule has 1 N–H and O–H groups in total. The molecule has 3 nitrogen and oxygen atoms in total. The van der Waals surface area contributed by atoms with Crippen molar-refractivity contribution in [3.8, 4) is 5.69 Å². The molecule has 1 aliphatic rings. The number of imidazole rings is 1. The molecule has 1 fully saturated rings. The molecule has 1 aliphatic carbocycles. The van der Waals surface area contributed by atoms with Crippen LogP contribution in [0, 0.1) is 6.92 Å². The zero-order chi connectivity index (χ0) is 11.2. The molecule has 0 radical (unpaired) electrons. The van der Waals surface area contributed by atoms with Crippen molar-refractivity contribution in [1.29, 1.82) is 0 Å². The van der Waals surface area contributed by atoms with E-state index >= 15 is 0 Å². The fourth-order valence-electron chi connectivity index (χ4n) is 1.99. The molecule has 0 aliphatic heterocycles. The summed E-state index contributed by atoms with van der Waals surface area (Å²) in [6.45, 7) is 1.97. The van der Waals surface area contributed by atoms with Crippen molar-refractivity contribution in [2.45, 2.75) is 25.4 Å². The topological polar surface area (TPSA) is 38.0 Å². The average Bonchev–Trinajstić information content (AvgIpc) is 2.90. The number of hydrogen-bond donors (Lipinski definition) is 1.